The van der Waals surface area contributed by atoms with Gasteiger partial charge >= 0.3 is 0 Å². The minimum Gasteiger partial charge on any atom is -0.341 e. The average molecular weight is 349 g/mol. The van der Waals surface area contributed by atoms with E-state index in [1.165, 1.54) is 0 Å². The third kappa shape index (κ3) is 2.41. The highest BCUT2D eigenvalue weighted by molar-refractivity contribution is 6.21. The predicted molar refractivity (Wildman–Crippen MR) is 84.6 cm³/mol. The molecule has 0 aromatic heterocycles. The van der Waals surface area contributed by atoms with E-state index in [0.717, 1.165) is 4.90 Å². The summed E-state index contributed by atoms with van der Waals surface area (Å²) in [5.41, 5.74) is 0.720. The molecule has 0 saturated carbocycles. The summed E-state index contributed by atoms with van der Waals surface area (Å²) in [5.74, 6) is -1.61. The Labute approximate surface area is 144 Å². The zero-order valence-corrected chi connectivity index (χ0v) is 14.1. The number of rotatable bonds is 4. The Hall–Kier alpha value is -1.83. The number of halogens is 1. The first kappa shape index (κ1) is 16.6. The molecule has 3 aliphatic rings. The Morgan fingerprint density at radius 2 is 1.60 bits per heavy atom. The fourth-order valence-corrected chi connectivity index (χ4v) is 3.78. The van der Waals surface area contributed by atoms with Gasteiger partial charge in [0.2, 0.25) is 6.36 Å². The highest BCUT2D eigenvalue weighted by atomic mass is 19.1. The quantitative estimate of drug-likeness (QED) is 0.781. The van der Waals surface area contributed by atoms with Gasteiger partial charge in [-0.15, -0.1) is 0 Å². The van der Waals surface area contributed by atoms with Gasteiger partial charge in [0.25, 0.3) is 11.8 Å². The van der Waals surface area contributed by atoms with Crippen molar-refractivity contribution in [2.75, 3.05) is 6.54 Å². The lowest BCUT2D eigenvalue weighted by molar-refractivity contribution is -0.225. The van der Waals surface area contributed by atoms with Crippen molar-refractivity contribution in [3.63, 3.8) is 0 Å². The summed E-state index contributed by atoms with van der Waals surface area (Å²) in [5, 5.41) is 0. The molecular weight excluding hydrogens is 329 g/mol. The van der Waals surface area contributed by atoms with Crippen LogP contribution in [0.4, 0.5) is 4.39 Å². The molecule has 7 heteroatoms. The zero-order valence-electron chi connectivity index (χ0n) is 14.1. The highest BCUT2D eigenvalue weighted by Gasteiger charge is 2.58. The summed E-state index contributed by atoms with van der Waals surface area (Å²) >= 11 is 0. The van der Waals surface area contributed by atoms with E-state index in [0.29, 0.717) is 24.0 Å². The van der Waals surface area contributed by atoms with E-state index in [1.54, 1.807) is 24.3 Å². The first-order valence-electron chi connectivity index (χ1n) is 8.60. The largest absolute Gasteiger partial charge is 0.341 e. The van der Waals surface area contributed by atoms with Crippen LogP contribution < -0.4 is 0 Å². The third-order valence-corrected chi connectivity index (χ3v) is 5.27. The van der Waals surface area contributed by atoms with E-state index in [2.05, 4.69) is 0 Å². The number of amides is 2. The Bertz CT molecular complexity index is 684. The van der Waals surface area contributed by atoms with Crippen molar-refractivity contribution < 1.29 is 28.2 Å². The molecule has 6 nitrogen and oxygen atoms in total. The molecule has 1 aromatic rings. The molecule has 4 atom stereocenters. The van der Waals surface area contributed by atoms with Crippen LogP contribution in [0.1, 0.15) is 47.4 Å². The molecule has 3 aliphatic heterocycles. The number of hydrogen-bond acceptors (Lipinski definition) is 5. The van der Waals surface area contributed by atoms with Crippen LogP contribution in [0, 0.1) is 0 Å². The van der Waals surface area contributed by atoms with Crippen LogP contribution >= 0.6 is 0 Å². The number of imide groups is 1. The second-order valence-electron chi connectivity index (χ2n) is 6.57. The molecule has 0 N–H and O–H groups in total. The number of fused-ring (bicyclic) bond motifs is 2. The van der Waals surface area contributed by atoms with Gasteiger partial charge in [-0.3, -0.25) is 14.5 Å². The van der Waals surface area contributed by atoms with Crippen LogP contribution in [-0.2, 0) is 14.2 Å². The Morgan fingerprint density at radius 1 is 1.04 bits per heavy atom. The summed E-state index contributed by atoms with van der Waals surface area (Å²) in [7, 11) is 0. The van der Waals surface area contributed by atoms with Crippen molar-refractivity contribution in [3.8, 4) is 0 Å². The molecule has 0 bridgehead atoms. The maximum Gasteiger partial charge on any atom is 0.261 e. The second-order valence-corrected chi connectivity index (χ2v) is 6.57. The van der Waals surface area contributed by atoms with Crippen molar-refractivity contribution >= 4 is 11.8 Å². The van der Waals surface area contributed by atoms with Gasteiger partial charge in [0, 0.05) is 0 Å². The van der Waals surface area contributed by atoms with Crippen molar-refractivity contribution in [3.05, 3.63) is 35.4 Å². The molecule has 2 saturated heterocycles. The fraction of sp³-hybridized carbons (Fsp3) is 0.556. The normalized spacial score (nSPS) is 33.0. The maximum atomic E-state index is 14.3. The summed E-state index contributed by atoms with van der Waals surface area (Å²) in [4.78, 5) is 26.1. The van der Waals surface area contributed by atoms with Crippen molar-refractivity contribution in [1.82, 2.24) is 4.90 Å². The van der Waals surface area contributed by atoms with Gasteiger partial charge in [0.1, 0.15) is 18.3 Å². The van der Waals surface area contributed by atoms with Crippen LogP contribution in [0.15, 0.2) is 24.3 Å². The van der Waals surface area contributed by atoms with E-state index >= 15 is 0 Å². The molecule has 25 heavy (non-hydrogen) atoms. The van der Waals surface area contributed by atoms with Crippen molar-refractivity contribution in [2.45, 2.75) is 57.1 Å². The number of ether oxygens (including phenoxy) is 3. The average Bonchev–Trinajstić information content (AvgIpc) is 3.23. The van der Waals surface area contributed by atoms with Gasteiger partial charge in [-0.05, 0) is 25.0 Å². The number of carbonyl (C=O) groups excluding carboxylic acids is 2. The van der Waals surface area contributed by atoms with Gasteiger partial charge in [-0.2, -0.15) is 0 Å². The topological polar surface area (TPSA) is 65.1 Å². The van der Waals surface area contributed by atoms with Crippen LogP contribution in [0.25, 0.3) is 0 Å². The van der Waals surface area contributed by atoms with Crippen LogP contribution in [0.3, 0.4) is 0 Å². The maximum absolute atomic E-state index is 14.3. The molecule has 0 unspecified atom stereocenters. The Kier molecular flexibility index (Phi) is 3.90. The minimum absolute atomic E-state index is 0.0548. The molecule has 1 aromatic carbocycles. The number of hydrogen-bond donors (Lipinski definition) is 0. The smallest absolute Gasteiger partial charge is 0.261 e. The first-order chi connectivity index (χ1) is 12.0. The van der Waals surface area contributed by atoms with E-state index in [4.69, 9.17) is 14.2 Å². The van der Waals surface area contributed by atoms with E-state index < -0.39 is 30.5 Å². The molecule has 134 valence electrons. The zero-order chi connectivity index (χ0) is 17.8. The van der Waals surface area contributed by atoms with Gasteiger partial charge in [0.05, 0.1) is 17.7 Å². The third-order valence-electron chi connectivity index (χ3n) is 5.27. The minimum atomic E-state index is -1.63. The summed E-state index contributed by atoms with van der Waals surface area (Å²) in [6.07, 6.45) is -2.68. The fourth-order valence-electron chi connectivity index (χ4n) is 3.78. The monoisotopic (exact) mass is 349 g/mol. The van der Waals surface area contributed by atoms with Crippen LogP contribution in [-0.4, -0.2) is 53.7 Å². The summed E-state index contributed by atoms with van der Waals surface area (Å²) in [6.45, 7) is 3.77. The molecule has 2 fully saturated rings. The van der Waals surface area contributed by atoms with E-state index in [-0.39, 0.29) is 18.4 Å². The Balaban J connectivity index is 1.54. The van der Waals surface area contributed by atoms with Crippen molar-refractivity contribution in [2.24, 2.45) is 0 Å². The SMILES string of the molecule is CCC1(CC)O[C@@H]2[C@H](O1)[C@@H](CN1C(=O)c3ccccc3C1=O)O[C@H]2F. The highest BCUT2D eigenvalue weighted by Crippen LogP contribution is 2.43. The lowest BCUT2D eigenvalue weighted by Gasteiger charge is -2.28. The number of nitrogens with zero attached hydrogens (tertiary/aromatic N) is 1. The molecule has 3 heterocycles. The molecule has 2 amide bonds. The molecule has 0 aliphatic carbocycles. The number of benzene rings is 1. The lowest BCUT2D eigenvalue weighted by Crippen LogP contribution is -2.43. The van der Waals surface area contributed by atoms with Gasteiger partial charge in [-0.25, -0.2) is 4.39 Å². The molecule has 0 spiro atoms. The number of alkyl halides is 1. The van der Waals surface area contributed by atoms with Crippen LogP contribution in [0.5, 0.6) is 0 Å². The van der Waals surface area contributed by atoms with Gasteiger partial charge in [-0.1, -0.05) is 26.0 Å². The molecular formula is C18H20FNO5. The van der Waals surface area contributed by atoms with Crippen LogP contribution in [0.2, 0.25) is 0 Å². The summed E-state index contributed by atoms with van der Waals surface area (Å²) in [6, 6.07) is 6.64. The van der Waals surface area contributed by atoms with E-state index in [9.17, 15) is 14.0 Å². The first-order valence-corrected chi connectivity index (χ1v) is 8.60. The molecule has 0 radical (unpaired) electrons. The Morgan fingerprint density at radius 3 is 2.16 bits per heavy atom. The van der Waals surface area contributed by atoms with Gasteiger partial charge in [0.15, 0.2) is 5.79 Å². The van der Waals surface area contributed by atoms with Gasteiger partial charge < -0.3 is 14.2 Å². The van der Waals surface area contributed by atoms with E-state index in [1.807, 2.05) is 13.8 Å². The predicted octanol–water partition coefficient (Wildman–Crippen LogP) is 2.28. The standard InChI is InChI=1S/C18H20FNO5/c1-3-18(4-2)24-13-12(23-15(19)14(13)25-18)9-20-16(21)10-7-5-6-8-11(10)17(20)22/h5-8,12-15H,3-4,9H2,1-2H3/t12-,13-,14-,15-/m1/s1. The molecule has 4 rings (SSSR count). The summed E-state index contributed by atoms with van der Waals surface area (Å²) < 4.78 is 31.3. The van der Waals surface area contributed by atoms with Crippen molar-refractivity contribution in [1.29, 1.82) is 0 Å². The number of carbonyl (C=O) groups is 2. The lowest BCUT2D eigenvalue weighted by atomic mass is 10.1. The second kappa shape index (κ2) is 5.86.